The van der Waals surface area contributed by atoms with Crippen molar-refractivity contribution in [3.8, 4) is 0 Å². The number of nitrogens with zero attached hydrogens (tertiary/aromatic N) is 1. The van der Waals surface area contributed by atoms with Crippen LogP contribution >= 0.6 is 7.82 Å². The predicted octanol–water partition coefficient (Wildman–Crippen LogP) is 22.9. The van der Waals surface area contributed by atoms with Gasteiger partial charge < -0.3 is 28.8 Å². The van der Waals surface area contributed by atoms with Gasteiger partial charge in [0.1, 0.15) is 13.2 Å². The zero-order valence-electron chi connectivity index (χ0n) is 56.6. The lowest BCUT2D eigenvalue weighted by Crippen LogP contribution is -2.45. The van der Waals surface area contributed by atoms with Gasteiger partial charge in [0.25, 0.3) is 7.82 Å². The van der Waals surface area contributed by atoms with Crippen LogP contribution in [0.15, 0.2) is 60.8 Å². The molecule has 0 aliphatic heterocycles. The zero-order chi connectivity index (χ0) is 61.2. The molecule has 2 N–H and O–H groups in total. The maximum atomic E-state index is 13.0. The minimum atomic E-state index is -4.62. The van der Waals surface area contributed by atoms with Crippen LogP contribution in [0.3, 0.4) is 0 Å². The fraction of sp³-hybridized carbons (Fsp3) is 0.853. The van der Waals surface area contributed by atoms with Crippen LogP contribution in [0, 0.1) is 0 Å². The Kier molecular flexibility index (Phi) is 64.2. The lowest BCUT2D eigenvalue weighted by molar-refractivity contribution is -0.870. The molecule has 0 saturated carbocycles. The van der Waals surface area contributed by atoms with E-state index >= 15 is 0 Å². The van der Waals surface area contributed by atoms with Gasteiger partial charge >= 0.3 is 0 Å². The van der Waals surface area contributed by atoms with Gasteiger partial charge in [-0.2, -0.15) is 0 Å². The second-order valence-corrected chi connectivity index (χ2v) is 27.7. The molecule has 84 heavy (non-hydrogen) atoms. The number of allylic oxidation sites excluding steroid dienone is 9. The molecule has 0 aromatic heterocycles. The number of carbonyl (C=O) groups excluding carboxylic acids is 1. The van der Waals surface area contributed by atoms with Gasteiger partial charge in [-0.3, -0.25) is 9.36 Å². The summed E-state index contributed by atoms with van der Waals surface area (Å²) in [5, 5.41) is 14.0. The molecule has 3 unspecified atom stereocenters. The zero-order valence-corrected chi connectivity index (χ0v) is 57.5. The van der Waals surface area contributed by atoms with E-state index in [4.69, 9.17) is 9.05 Å². The van der Waals surface area contributed by atoms with Crippen molar-refractivity contribution >= 4 is 13.7 Å². The lowest BCUT2D eigenvalue weighted by atomic mass is 10.0. The molecule has 0 bridgehead atoms. The Morgan fingerprint density at radius 1 is 0.417 bits per heavy atom. The van der Waals surface area contributed by atoms with E-state index < -0.39 is 26.6 Å². The van der Waals surface area contributed by atoms with Crippen molar-refractivity contribution < 1.29 is 32.9 Å². The first-order valence-electron chi connectivity index (χ1n) is 36.7. The summed E-state index contributed by atoms with van der Waals surface area (Å²) in [7, 11) is 1.25. The van der Waals surface area contributed by atoms with Gasteiger partial charge in [0, 0.05) is 6.42 Å². The van der Waals surface area contributed by atoms with E-state index in [0.29, 0.717) is 17.4 Å². The van der Waals surface area contributed by atoms with Crippen LogP contribution in [0.25, 0.3) is 0 Å². The monoisotopic (exact) mass is 1200 g/mol. The summed E-state index contributed by atoms with van der Waals surface area (Å²) in [6.45, 7) is 4.67. The van der Waals surface area contributed by atoms with E-state index in [1.54, 1.807) is 6.08 Å². The third-order valence-corrected chi connectivity index (χ3v) is 17.7. The second kappa shape index (κ2) is 65.6. The molecule has 0 spiro atoms. The summed E-state index contributed by atoms with van der Waals surface area (Å²) >= 11 is 0. The van der Waals surface area contributed by atoms with Crippen molar-refractivity contribution in [3.63, 3.8) is 0 Å². The number of aliphatic hydroxyl groups is 1. The summed E-state index contributed by atoms with van der Waals surface area (Å²) in [6, 6.07) is -0.907. The van der Waals surface area contributed by atoms with Crippen LogP contribution in [0.2, 0.25) is 0 Å². The van der Waals surface area contributed by atoms with E-state index in [1.165, 1.54) is 289 Å². The summed E-state index contributed by atoms with van der Waals surface area (Å²) < 4.78 is 23.5. The van der Waals surface area contributed by atoms with Gasteiger partial charge in [0.05, 0.1) is 39.9 Å². The molecule has 0 radical (unpaired) electrons. The Bertz CT molecular complexity index is 1550. The number of phosphoric ester groups is 1. The Balaban J connectivity index is 4.07. The summed E-state index contributed by atoms with van der Waals surface area (Å²) in [5.41, 5.74) is 0. The number of amides is 1. The third-order valence-electron chi connectivity index (χ3n) is 16.7. The van der Waals surface area contributed by atoms with Crippen LogP contribution in [0.4, 0.5) is 0 Å². The Morgan fingerprint density at radius 2 is 0.702 bits per heavy atom. The van der Waals surface area contributed by atoms with E-state index in [1.807, 2.05) is 27.2 Å². The number of phosphoric acid groups is 1. The SMILES string of the molecule is CCCCCCC/C=C\C/C=C\C/C=C\CCCCCCCCCCCCCCCCCCC(=O)NC(COP(=O)([O-])OCC[N+](C)(C)C)C(O)/C=C/CC/C=C/CCCCCCCCCCCCCCCCCCCCCCCCCCC. The number of nitrogens with one attached hydrogen (secondary N) is 1. The summed E-state index contributed by atoms with van der Waals surface area (Å²) in [4.78, 5) is 25.6. The Hall–Kier alpha value is -1.80. The van der Waals surface area contributed by atoms with Crippen LogP contribution in [0.5, 0.6) is 0 Å². The minimum Gasteiger partial charge on any atom is -0.756 e. The average Bonchev–Trinajstić information content (AvgIpc) is 3.56. The number of hydrogen-bond acceptors (Lipinski definition) is 6. The van der Waals surface area contributed by atoms with E-state index in [-0.39, 0.29) is 12.5 Å². The topological polar surface area (TPSA) is 108 Å². The van der Waals surface area contributed by atoms with Crippen molar-refractivity contribution in [1.29, 1.82) is 0 Å². The molecule has 0 aromatic carbocycles. The minimum absolute atomic E-state index is 0.00660. The molecule has 1 amide bonds. The fourth-order valence-corrected chi connectivity index (χ4v) is 11.7. The quantitative estimate of drug-likeness (QED) is 0.0272. The highest BCUT2D eigenvalue weighted by Crippen LogP contribution is 2.38. The summed E-state index contributed by atoms with van der Waals surface area (Å²) in [5.74, 6) is -0.203. The molecule has 0 aromatic rings. The molecule has 0 heterocycles. The van der Waals surface area contributed by atoms with Crippen LogP contribution in [0.1, 0.15) is 361 Å². The average molecular weight is 1200 g/mol. The number of rotatable bonds is 68. The van der Waals surface area contributed by atoms with E-state index in [2.05, 4.69) is 67.8 Å². The third kappa shape index (κ3) is 67.7. The first-order chi connectivity index (χ1) is 41.0. The Morgan fingerprint density at radius 3 is 1.05 bits per heavy atom. The second-order valence-electron chi connectivity index (χ2n) is 26.3. The maximum absolute atomic E-state index is 13.0. The molecule has 0 fully saturated rings. The van der Waals surface area contributed by atoms with Crippen molar-refractivity contribution in [2.24, 2.45) is 0 Å². The smallest absolute Gasteiger partial charge is 0.268 e. The molecule has 0 aliphatic rings. The van der Waals surface area contributed by atoms with Gasteiger partial charge in [-0.15, -0.1) is 0 Å². The van der Waals surface area contributed by atoms with E-state index in [9.17, 15) is 19.4 Å². The highest BCUT2D eigenvalue weighted by atomic mass is 31.2. The first-order valence-corrected chi connectivity index (χ1v) is 38.1. The number of aliphatic hydroxyl groups excluding tert-OH is 1. The molecule has 0 saturated heterocycles. The van der Waals surface area contributed by atoms with Crippen LogP contribution in [-0.2, 0) is 18.4 Å². The number of likely N-dealkylation sites (N-methyl/N-ethyl adjacent to an activating group) is 1. The van der Waals surface area contributed by atoms with Crippen LogP contribution < -0.4 is 10.2 Å². The van der Waals surface area contributed by atoms with Gasteiger partial charge in [0.15, 0.2) is 0 Å². The van der Waals surface area contributed by atoms with Crippen molar-refractivity contribution in [1.82, 2.24) is 5.32 Å². The van der Waals surface area contributed by atoms with Gasteiger partial charge in [-0.1, -0.05) is 344 Å². The maximum Gasteiger partial charge on any atom is 0.268 e. The number of unbranched alkanes of at least 4 members (excludes halogenated alkanes) is 47. The van der Waals surface area contributed by atoms with E-state index in [0.717, 1.165) is 51.4 Å². The largest absolute Gasteiger partial charge is 0.756 e. The first kappa shape index (κ1) is 82.2. The van der Waals surface area contributed by atoms with Crippen molar-refractivity contribution in [2.75, 3.05) is 40.9 Å². The molecular weight excluding hydrogens is 1060 g/mol. The van der Waals surface area contributed by atoms with Crippen LogP contribution in [-0.4, -0.2) is 68.5 Å². The molecule has 494 valence electrons. The summed E-state index contributed by atoms with van der Waals surface area (Å²) in [6.07, 6.45) is 90.8. The number of quaternary nitrogens is 1. The Labute approximate surface area is 523 Å². The normalized spacial score (nSPS) is 13.9. The molecule has 8 nitrogen and oxygen atoms in total. The number of carbonyl (C=O) groups is 1. The standard InChI is InChI=1S/C75H143N2O6P/c1-6-8-10-12-14-16-18-20-22-24-26-28-30-32-34-36-38-40-42-44-46-48-50-52-54-56-58-60-62-64-66-68-74(78)73(72-83-84(80,81)82-71-70-77(3,4)5)76-75(79)69-67-65-63-61-59-57-55-53-51-49-47-45-43-41-39-37-35-33-31-29-27-25-23-21-19-17-15-13-11-9-7-2/h19,21,25,27,31,33,58,60,66,68,73-74,78H,6-18,20,22-24,26,28-30,32,34-57,59,61-65,67,69-72H2,1-5H3,(H-,76,79,80,81)/b21-19-,27-25-,33-31-,60-58+,68-66+. The van der Waals surface area contributed by atoms with Gasteiger partial charge in [0.2, 0.25) is 5.91 Å². The van der Waals surface area contributed by atoms with Crippen molar-refractivity contribution in [3.05, 3.63) is 60.8 Å². The van der Waals surface area contributed by atoms with Gasteiger partial charge in [-0.25, -0.2) is 0 Å². The lowest BCUT2D eigenvalue weighted by Gasteiger charge is -2.29. The molecular formula is C75H143N2O6P. The van der Waals surface area contributed by atoms with Gasteiger partial charge in [-0.05, 0) is 70.6 Å². The highest BCUT2D eigenvalue weighted by molar-refractivity contribution is 7.45. The molecule has 3 atom stereocenters. The highest BCUT2D eigenvalue weighted by Gasteiger charge is 2.23. The van der Waals surface area contributed by atoms with Crippen molar-refractivity contribution in [2.45, 2.75) is 373 Å². The molecule has 9 heteroatoms. The molecule has 0 aliphatic carbocycles. The number of hydrogen-bond donors (Lipinski definition) is 2. The fourth-order valence-electron chi connectivity index (χ4n) is 11.0. The molecule has 0 rings (SSSR count). The predicted molar refractivity (Wildman–Crippen MR) is 367 cm³/mol.